The van der Waals surface area contributed by atoms with E-state index in [0.717, 1.165) is 25.7 Å². The second kappa shape index (κ2) is 8.32. The molecule has 0 bridgehead atoms. The lowest BCUT2D eigenvalue weighted by Gasteiger charge is -2.17. The highest BCUT2D eigenvalue weighted by atomic mass is 35.5. The lowest BCUT2D eigenvalue weighted by Crippen LogP contribution is -2.36. The van der Waals surface area contributed by atoms with E-state index in [1.54, 1.807) is 0 Å². The highest BCUT2D eigenvalue weighted by Gasteiger charge is 2.31. The summed E-state index contributed by atoms with van der Waals surface area (Å²) in [5, 5.41) is 5.60. The van der Waals surface area contributed by atoms with Crippen molar-refractivity contribution < 1.29 is 4.79 Å². The van der Waals surface area contributed by atoms with Crippen LogP contribution < -0.4 is 11.1 Å². The first-order chi connectivity index (χ1) is 10.8. The summed E-state index contributed by atoms with van der Waals surface area (Å²) in [6, 6.07) is 14.9. The van der Waals surface area contributed by atoms with Crippen LogP contribution in [0.1, 0.15) is 24.8 Å². The van der Waals surface area contributed by atoms with Crippen LogP contribution in [-0.2, 0) is 11.2 Å². The Bertz CT molecular complexity index is 659. The van der Waals surface area contributed by atoms with Crippen LogP contribution >= 0.6 is 12.4 Å². The molecular weight excluding hydrogens is 308 g/mol. The molecular formula is C19H25ClN2O. The average Bonchev–Trinajstić information content (AvgIpc) is 3.03. The minimum Gasteiger partial charge on any atom is -0.356 e. The second-order valence-corrected chi connectivity index (χ2v) is 6.26. The van der Waals surface area contributed by atoms with Gasteiger partial charge in [0.2, 0.25) is 5.91 Å². The van der Waals surface area contributed by atoms with Gasteiger partial charge in [0.05, 0.1) is 0 Å². The molecule has 1 aliphatic rings. The number of rotatable bonds is 5. The summed E-state index contributed by atoms with van der Waals surface area (Å²) < 4.78 is 0. The Labute approximate surface area is 144 Å². The minimum atomic E-state index is 0. The van der Waals surface area contributed by atoms with E-state index in [9.17, 15) is 4.79 Å². The van der Waals surface area contributed by atoms with Crippen molar-refractivity contribution in [2.75, 3.05) is 13.1 Å². The molecule has 0 aliphatic heterocycles. The van der Waals surface area contributed by atoms with Crippen molar-refractivity contribution in [2.24, 2.45) is 17.6 Å². The summed E-state index contributed by atoms with van der Waals surface area (Å²) in [5.74, 6) is 0.691. The molecule has 124 valence electrons. The van der Waals surface area contributed by atoms with E-state index in [-0.39, 0.29) is 24.2 Å². The fraction of sp³-hybridized carbons (Fsp3) is 0.421. The van der Waals surface area contributed by atoms with Crippen molar-refractivity contribution in [3.63, 3.8) is 0 Å². The van der Waals surface area contributed by atoms with Gasteiger partial charge in [0.15, 0.2) is 0 Å². The van der Waals surface area contributed by atoms with Gasteiger partial charge in [-0.1, -0.05) is 48.9 Å². The lowest BCUT2D eigenvalue weighted by atomic mass is 9.95. The van der Waals surface area contributed by atoms with Crippen LogP contribution in [0.2, 0.25) is 0 Å². The number of benzene rings is 2. The fourth-order valence-corrected chi connectivity index (χ4v) is 3.52. The maximum atomic E-state index is 12.3. The number of halogens is 1. The Morgan fingerprint density at radius 3 is 2.70 bits per heavy atom. The molecule has 2 aromatic rings. The molecule has 0 radical (unpaired) electrons. The third-order valence-corrected chi connectivity index (χ3v) is 4.83. The van der Waals surface area contributed by atoms with Gasteiger partial charge in [0, 0.05) is 12.5 Å². The summed E-state index contributed by atoms with van der Waals surface area (Å²) in [6.45, 7) is 1.33. The number of hydrogen-bond acceptors (Lipinski definition) is 2. The van der Waals surface area contributed by atoms with E-state index in [1.165, 1.54) is 16.3 Å². The number of amides is 1. The Morgan fingerprint density at radius 1 is 1.13 bits per heavy atom. The predicted octanol–water partition coefficient (Wildman–Crippen LogP) is 3.30. The normalized spacial score (nSPS) is 20.2. The number of nitrogens with one attached hydrogen (secondary N) is 1. The first-order valence-electron chi connectivity index (χ1n) is 8.23. The number of hydrogen-bond donors (Lipinski definition) is 2. The molecule has 0 aromatic heterocycles. The van der Waals surface area contributed by atoms with Crippen molar-refractivity contribution in [3.8, 4) is 0 Å². The minimum absolute atomic E-state index is 0. The van der Waals surface area contributed by atoms with Gasteiger partial charge in [-0.2, -0.15) is 0 Å². The quantitative estimate of drug-likeness (QED) is 0.882. The van der Waals surface area contributed by atoms with Crippen LogP contribution in [-0.4, -0.2) is 19.0 Å². The molecule has 0 heterocycles. The van der Waals surface area contributed by atoms with Gasteiger partial charge in [-0.15, -0.1) is 12.4 Å². The number of carbonyl (C=O) groups excluding carboxylic acids is 1. The third-order valence-electron chi connectivity index (χ3n) is 4.83. The van der Waals surface area contributed by atoms with Gasteiger partial charge in [0.1, 0.15) is 0 Å². The topological polar surface area (TPSA) is 55.1 Å². The zero-order valence-corrected chi connectivity index (χ0v) is 14.1. The van der Waals surface area contributed by atoms with Gasteiger partial charge < -0.3 is 11.1 Å². The van der Waals surface area contributed by atoms with Crippen LogP contribution in [0.4, 0.5) is 0 Å². The van der Waals surface area contributed by atoms with Crippen molar-refractivity contribution in [2.45, 2.75) is 25.7 Å². The first-order valence-corrected chi connectivity index (χ1v) is 8.23. The van der Waals surface area contributed by atoms with Crippen molar-refractivity contribution in [3.05, 3.63) is 48.0 Å². The molecule has 0 spiro atoms. The van der Waals surface area contributed by atoms with E-state index < -0.39 is 0 Å². The van der Waals surface area contributed by atoms with E-state index in [4.69, 9.17) is 5.73 Å². The molecule has 2 aromatic carbocycles. The molecule has 3 rings (SSSR count). The molecule has 1 aliphatic carbocycles. The van der Waals surface area contributed by atoms with E-state index in [2.05, 4.69) is 47.8 Å². The molecule has 1 fully saturated rings. The summed E-state index contributed by atoms with van der Waals surface area (Å²) in [6.07, 6.45) is 4.09. The lowest BCUT2D eigenvalue weighted by molar-refractivity contribution is -0.125. The average molecular weight is 333 g/mol. The Hall–Kier alpha value is -1.58. The van der Waals surface area contributed by atoms with Crippen LogP contribution in [0.25, 0.3) is 10.8 Å². The van der Waals surface area contributed by atoms with Gasteiger partial charge in [-0.3, -0.25) is 4.79 Å². The Balaban J connectivity index is 0.00000192. The standard InChI is InChI=1S/C19H24N2O.ClH/c20-13-17-6-3-7-18(17)19(22)21-11-10-14-8-9-15-4-1-2-5-16(15)12-14;/h1-2,4-5,8-9,12,17-18H,3,6-7,10-11,13,20H2,(H,21,22);1H/t17-,18-;/m1./s1. The molecule has 3 nitrogen and oxygen atoms in total. The molecule has 3 N–H and O–H groups in total. The molecule has 1 saturated carbocycles. The van der Waals surface area contributed by atoms with Crippen molar-refractivity contribution >= 4 is 29.1 Å². The molecule has 1 amide bonds. The Kier molecular flexibility index (Phi) is 6.43. The highest BCUT2D eigenvalue weighted by molar-refractivity contribution is 5.85. The van der Waals surface area contributed by atoms with E-state index in [0.29, 0.717) is 19.0 Å². The number of nitrogens with two attached hydrogens (primary N) is 1. The van der Waals surface area contributed by atoms with Crippen LogP contribution in [0, 0.1) is 11.8 Å². The summed E-state index contributed by atoms with van der Waals surface area (Å²) in [5.41, 5.74) is 7.02. The van der Waals surface area contributed by atoms with Gasteiger partial charge >= 0.3 is 0 Å². The molecule has 23 heavy (non-hydrogen) atoms. The van der Waals surface area contributed by atoms with Crippen LogP contribution in [0.5, 0.6) is 0 Å². The fourth-order valence-electron chi connectivity index (χ4n) is 3.52. The largest absolute Gasteiger partial charge is 0.356 e. The molecule has 0 saturated heterocycles. The van der Waals surface area contributed by atoms with Crippen LogP contribution in [0.15, 0.2) is 42.5 Å². The smallest absolute Gasteiger partial charge is 0.223 e. The van der Waals surface area contributed by atoms with Crippen LogP contribution in [0.3, 0.4) is 0 Å². The second-order valence-electron chi connectivity index (χ2n) is 6.26. The molecule has 2 atom stereocenters. The number of fused-ring (bicyclic) bond motifs is 1. The summed E-state index contributed by atoms with van der Waals surface area (Å²) >= 11 is 0. The highest BCUT2D eigenvalue weighted by Crippen LogP contribution is 2.30. The first kappa shape index (κ1) is 17.8. The zero-order valence-electron chi connectivity index (χ0n) is 13.3. The zero-order chi connectivity index (χ0) is 15.4. The molecule has 0 unspecified atom stereocenters. The van der Waals surface area contributed by atoms with Gasteiger partial charge in [-0.25, -0.2) is 0 Å². The van der Waals surface area contributed by atoms with Crippen molar-refractivity contribution in [1.82, 2.24) is 5.32 Å². The molecule has 4 heteroatoms. The summed E-state index contributed by atoms with van der Waals surface area (Å²) in [4.78, 5) is 12.3. The maximum absolute atomic E-state index is 12.3. The maximum Gasteiger partial charge on any atom is 0.223 e. The van der Waals surface area contributed by atoms with Gasteiger partial charge in [-0.05, 0) is 48.1 Å². The van der Waals surface area contributed by atoms with Gasteiger partial charge in [0.25, 0.3) is 0 Å². The SMILES string of the molecule is Cl.NC[C@H]1CCC[C@H]1C(=O)NCCc1ccc2ccccc2c1. The monoisotopic (exact) mass is 332 g/mol. The van der Waals surface area contributed by atoms with E-state index in [1.807, 2.05) is 0 Å². The Morgan fingerprint density at radius 2 is 1.91 bits per heavy atom. The van der Waals surface area contributed by atoms with E-state index >= 15 is 0 Å². The third kappa shape index (κ3) is 4.24. The predicted molar refractivity (Wildman–Crippen MR) is 97.8 cm³/mol. The van der Waals surface area contributed by atoms with Crippen molar-refractivity contribution in [1.29, 1.82) is 0 Å². The summed E-state index contributed by atoms with van der Waals surface area (Å²) in [7, 11) is 0. The number of carbonyl (C=O) groups is 1.